The molecular weight excluding hydrogens is 204 g/mol. The summed E-state index contributed by atoms with van der Waals surface area (Å²) in [5, 5.41) is 6.41. The van der Waals surface area contributed by atoms with Crippen molar-refractivity contribution >= 4 is 5.91 Å². The quantitative estimate of drug-likeness (QED) is 0.727. The molecule has 2 saturated heterocycles. The summed E-state index contributed by atoms with van der Waals surface area (Å²) in [6, 6.07) is 0.216. The molecule has 2 aliphatic heterocycles. The van der Waals surface area contributed by atoms with E-state index in [0.717, 1.165) is 32.4 Å². The second-order valence-corrected chi connectivity index (χ2v) is 5.31. The van der Waals surface area contributed by atoms with Crippen molar-refractivity contribution in [2.75, 3.05) is 19.7 Å². The van der Waals surface area contributed by atoms with Gasteiger partial charge >= 0.3 is 0 Å². The van der Waals surface area contributed by atoms with Crippen LogP contribution in [0.25, 0.3) is 0 Å². The average Bonchev–Trinajstić information content (AvgIpc) is 2.62. The molecule has 4 nitrogen and oxygen atoms in total. The molecular formula is C12H22N2O2. The van der Waals surface area contributed by atoms with Crippen molar-refractivity contribution in [2.24, 2.45) is 5.92 Å². The molecule has 0 unspecified atom stereocenters. The number of ether oxygens (including phenoxy) is 1. The molecule has 0 aromatic rings. The highest BCUT2D eigenvalue weighted by Gasteiger charge is 2.41. The van der Waals surface area contributed by atoms with Gasteiger partial charge in [-0.2, -0.15) is 0 Å². The van der Waals surface area contributed by atoms with Crippen molar-refractivity contribution in [1.29, 1.82) is 0 Å². The predicted octanol–water partition coefficient (Wildman–Crippen LogP) is 0.670. The van der Waals surface area contributed by atoms with E-state index in [4.69, 9.17) is 4.74 Å². The summed E-state index contributed by atoms with van der Waals surface area (Å²) in [6.07, 6.45) is 3.12. The van der Waals surface area contributed by atoms with E-state index in [1.165, 1.54) is 0 Å². The molecule has 0 radical (unpaired) electrons. The van der Waals surface area contributed by atoms with Crippen LogP contribution in [-0.4, -0.2) is 37.2 Å². The van der Waals surface area contributed by atoms with Crippen LogP contribution >= 0.6 is 0 Å². The van der Waals surface area contributed by atoms with Gasteiger partial charge in [0.25, 0.3) is 0 Å². The van der Waals surface area contributed by atoms with E-state index in [0.29, 0.717) is 6.61 Å². The maximum Gasteiger partial charge on any atom is 0.222 e. The van der Waals surface area contributed by atoms with E-state index in [1.54, 1.807) is 0 Å². The number of carbonyl (C=O) groups is 1. The molecule has 1 spiro atoms. The lowest BCUT2D eigenvalue weighted by atomic mass is 9.88. The van der Waals surface area contributed by atoms with Crippen molar-refractivity contribution < 1.29 is 9.53 Å². The zero-order chi connectivity index (χ0) is 11.6. The standard InChI is InChI=1S/C12H22N2O2/c1-9(2)11(15)14-10-7-12(16-8-10)3-5-13-6-4-12/h9-10,13H,3-8H2,1-2H3,(H,14,15)/t10-/m0/s1. The summed E-state index contributed by atoms with van der Waals surface area (Å²) in [7, 11) is 0. The van der Waals surface area contributed by atoms with Crippen LogP contribution in [0.15, 0.2) is 0 Å². The second-order valence-electron chi connectivity index (χ2n) is 5.31. The van der Waals surface area contributed by atoms with Gasteiger partial charge in [0.15, 0.2) is 0 Å². The fourth-order valence-electron chi connectivity index (χ4n) is 2.54. The average molecular weight is 226 g/mol. The Morgan fingerprint density at radius 3 is 2.75 bits per heavy atom. The Morgan fingerprint density at radius 2 is 2.12 bits per heavy atom. The molecule has 2 fully saturated rings. The molecule has 0 aromatic heterocycles. The monoisotopic (exact) mass is 226 g/mol. The molecule has 92 valence electrons. The molecule has 0 saturated carbocycles. The van der Waals surface area contributed by atoms with Crippen LogP contribution in [-0.2, 0) is 9.53 Å². The topological polar surface area (TPSA) is 50.4 Å². The van der Waals surface area contributed by atoms with Gasteiger partial charge in [-0.3, -0.25) is 4.79 Å². The Hall–Kier alpha value is -0.610. The van der Waals surface area contributed by atoms with Gasteiger partial charge in [0.05, 0.1) is 18.2 Å². The first-order chi connectivity index (χ1) is 7.61. The van der Waals surface area contributed by atoms with Gasteiger partial charge in [-0.1, -0.05) is 13.8 Å². The van der Waals surface area contributed by atoms with Gasteiger partial charge in [0.2, 0.25) is 5.91 Å². The largest absolute Gasteiger partial charge is 0.373 e. The first kappa shape index (κ1) is 11.9. The number of rotatable bonds is 2. The number of piperidine rings is 1. The highest BCUT2D eigenvalue weighted by Crippen LogP contribution is 2.33. The number of hydrogen-bond donors (Lipinski definition) is 2. The van der Waals surface area contributed by atoms with Crippen LogP contribution < -0.4 is 10.6 Å². The minimum absolute atomic E-state index is 0.0418. The Labute approximate surface area is 97.1 Å². The van der Waals surface area contributed by atoms with E-state index in [1.807, 2.05) is 13.8 Å². The van der Waals surface area contributed by atoms with Crippen molar-refractivity contribution in [1.82, 2.24) is 10.6 Å². The van der Waals surface area contributed by atoms with Gasteiger partial charge in [0.1, 0.15) is 0 Å². The number of nitrogens with one attached hydrogen (secondary N) is 2. The predicted molar refractivity (Wildman–Crippen MR) is 62.2 cm³/mol. The van der Waals surface area contributed by atoms with Gasteiger partial charge in [-0.05, 0) is 32.4 Å². The van der Waals surface area contributed by atoms with Crippen molar-refractivity contribution in [3.8, 4) is 0 Å². The Morgan fingerprint density at radius 1 is 1.44 bits per heavy atom. The third-order valence-corrected chi connectivity index (χ3v) is 3.59. The Balaban J connectivity index is 1.85. The zero-order valence-corrected chi connectivity index (χ0v) is 10.2. The van der Waals surface area contributed by atoms with Gasteiger partial charge in [-0.25, -0.2) is 0 Å². The molecule has 4 heteroatoms. The Bertz CT molecular complexity index is 260. The maximum atomic E-state index is 11.6. The molecule has 0 bridgehead atoms. The molecule has 1 atom stereocenters. The van der Waals surface area contributed by atoms with Gasteiger partial charge in [-0.15, -0.1) is 0 Å². The normalized spacial score (nSPS) is 28.6. The van der Waals surface area contributed by atoms with Crippen molar-refractivity contribution in [3.63, 3.8) is 0 Å². The van der Waals surface area contributed by atoms with E-state index in [9.17, 15) is 4.79 Å². The summed E-state index contributed by atoms with van der Waals surface area (Å²) in [4.78, 5) is 11.6. The third kappa shape index (κ3) is 2.55. The summed E-state index contributed by atoms with van der Waals surface area (Å²) in [6.45, 7) is 6.59. The molecule has 2 rings (SSSR count). The van der Waals surface area contributed by atoms with Crippen LogP contribution in [0.4, 0.5) is 0 Å². The zero-order valence-electron chi connectivity index (χ0n) is 10.2. The number of hydrogen-bond acceptors (Lipinski definition) is 3. The van der Waals surface area contributed by atoms with Crippen LogP contribution in [0.5, 0.6) is 0 Å². The van der Waals surface area contributed by atoms with Crippen molar-refractivity contribution in [2.45, 2.75) is 44.8 Å². The lowest BCUT2D eigenvalue weighted by Crippen LogP contribution is -2.43. The third-order valence-electron chi connectivity index (χ3n) is 3.59. The minimum Gasteiger partial charge on any atom is -0.373 e. The van der Waals surface area contributed by atoms with E-state index < -0.39 is 0 Å². The highest BCUT2D eigenvalue weighted by atomic mass is 16.5. The van der Waals surface area contributed by atoms with Gasteiger partial charge < -0.3 is 15.4 Å². The molecule has 1 amide bonds. The smallest absolute Gasteiger partial charge is 0.222 e. The van der Waals surface area contributed by atoms with E-state index >= 15 is 0 Å². The van der Waals surface area contributed by atoms with E-state index in [-0.39, 0.29) is 23.5 Å². The number of carbonyl (C=O) groups excluding carboxylic acids is 1. The second kappa shape index (κ2) is 4.72. The molecule has 2 N–H and O–H groups in total. The fourth-order valence-corrected chi connectivity index (χ4v) is 2.54. The molecule has 2 heterocycles. The highest BCUT2D eigenvalue weighted by molar-refractivity contribution is 5.78. The van der Waals surface area contributed by atoms with Gasteiger partial charge in [0, 0.05) is 5.92 Å². The first-order valence-electron chi connectivity index (χ1n) is 6.26. The van der Waals surface area contributed by atoms with Crippen LogP contribution in [0.2, 0.25) is 0 Å². The Kier molecular flexibility index (Phi) is 3.50. The maximum absolute atomic E-state index is 11.6. The molecule has 0 aromatic carbocycles. The lowest BCUT2D eigenvalue weighted by Gasteiger charge is -2.32. The van der Waals surface area contributed by atoms with Crippen LogP contribution in [0.3, 0.4) is 0 Å². The van der Waals surface area contributed by atoms with Crippen LogP contribution in [0, 0.1) is 5.92 Å². The summed E-state index contributed by atoms with van der Waals surface area (Å²) in [5.74, 6) is 0.198. The van der Waals surface area contributed by atoms with Crippen LogP contribution in [0.1, 0.15) is 33.1 Å². The van der Waals surface area contributed by atoms with Crippen molar-refractivity contribution in [3.05, 3.63) is 0 Å². The first-order valence-corrected chi connectivity index (χ1v) is 6.26. The molecule has 2 aliphatic rings. The summed E-state index contributed by atoms with van der Waals surface area (Å²) >= 11 is 0. The van der Waals surface area contributed by atoms with E-state index in [2.05, 4.69) is 10.6 Å². The summed E-state index contributed by atoms with van der Waals surface area (Å²) < 4.78 is 5.92. The SMILES string of the molecule is CC(C)C(=O)N[C@@H]1COC2(CCNCC2)C1. The lowest BCUT2D eigenvalue weighted by molar-refractivity contribution is -0.124. The fraction of sp³-hybridized carbons (Fsp3) is 0.917. The summed E-state index contributed by atoms with van der Waals surface area (Å²) in [5.41, 5.74) is 0.0418. The molecule has 16 heavy (non-hydrogen) atoms. The number of amides is 1. The minimum atomic E-state index is 0.0418. The molecule has 0 aliphatic carbocycles.